The molecule has 0 fully saturated rings. The Morgan fingerprint density at radius 1 is 1.08 bits per heavy atom. The minimum atomic E-state index is 0.400. The van der Waals surface area contributed by atoms with Gasteiger partial charge >= 0.3 is 0 Å². The van der Waals surface area contributed by atoms with E-state index >= 15 is 0 Å². The van der Waals surface area contributed by atoms with Crippen LogP contribution < -0.4 is 11.5 Å². The molecule has 0 saturated heterocycles. The molecule has 0 aliphatic rings. The van der Waals surface area contributed by atoms with Gasteiger partial charge in [0.05, 0.1) is 0 Å². The molecule has 2 unspecified atom stereocenters. The summed E-state index contributed by atoms with van der Waals surface area (Å²) in [7, 11) is 0. The molecular weight excluding hydrogens is 160 g/mol. The first-order valence-corrected chi connectivity index (χ1v) is 5.71. The zero-order valence-electron chi connectivity index (χ0n) is 9.26. The van der Waals surface area contributed by atoms with E-state index in [1.165, 1.54) is 32.1 Å². The summed E-state index contributed by atoms with van der Waals surface area (Å²) in [6, 6.07) is 0.400. The molecule has 0 aliphatic carbocycles. The Kier molecular flexibility index (Phi) is 8.46. The molecule has 0 amide bonds. The maximum absolute atomic E-state index is 6.11. The number of unbranched alkanes of at least 4 members (excludes halogenated alkanes) is 1. The van der Waals surface area contributed by atoms with Crippen molar-refractivity contribution in [3.05, 3.63) is 0 Å². The maximum atomic E-state index is 6.11. The van der Waals surface area contributed by atoms with Crippen molar-refractivity contribution in [1.29, 1.82) is 0 Å². The van der Waals surface area contributed by atoms with Gasteiger partial charge in [0.15, 0.2) is 0 Å². The normalized spacial score (nSPS) is 15.7. The third-order valence-electron chi connectivity index (χ3n) is 2.80. The summed E-state index contributed by atoms with van der Waals surface area (Å²) in [5.41, 5.74) is 11.6. The standard InChI is InChI=1S/C11H26N2/c1-3-5-8-11(13)10(4-2)7-6-9-12/h10-11H,3-9,12-13H2,1-2H3. The fraction of sp³-hybridized carbons (Fsp3) is 1.00. The lowest BCUT2D eigenvalue weighted by atomic mass is 9.89. The molecule has 2 nitrogen and oxygen atoms in total. The van der Waals surface area contributed by atoms with Gasteiger partial charge in [-0.15, -0.1) is 0 Å². The van der Waals surface area contributed by atoms with Gasteiger partial charge in [-0.05, 0) is 31.7 Å². The van der Waals surface area contributed by atoms with Crippen molar-refractivity contribution >= 4 is 0 Å². The average Bonchev–Trinajstić information content (AvgIpc) is 2.16. The number of rotatable bonds is 8. The summed E-state index contributed by atoms with van der Waals surface area (Å²) in [6.45, 7) is 5.25. The quantitative estimate of drug-likeness (QED) is 0.611. The van der Waals surface area contributed by atoms with Gasteiger partial charge in [-0.3, -0.25) is 0 Å². The summed E-state index contributed by atoms with van der Waals surface area (Å²) < 4.78 is 0. The fourth-order valence-electron chi connectivity index (χ4n) is 1.78. The van der Waals surface area contributed by atoms with E-state index < -0.39 is 0 Å². The highest BCUT2D eigenvalue weighted by molar-refractivity contribution is 4.71. The van der Waals surface area contributed by atoms with Gasteiger partial charge in [-0.2, -0.15) is 0 Å². The van der Waals surface area contributed by atoms with Crippen LogP contribution in [0.15, 0.2) is 0 Å². The second-order valence-electron chi connectivity index (χ2n) is 3.91. The second-order valence-corrected chi connectivity index (χ2v) is 3.91. The predicted octanol–water partition coefficient (Wildman–Crippen LogP) is 2.27. The molecule has 2 heteroatoms. The van der Waals surface area contributed by atoms with E-state index in [2.05, 4.69) is 13.8 Å². The highest BCUT2D eigenvalue weighted by atomic mass is 14.6. The Balaban J connectivity index is 3.63. The molecule has 0 radical (unpaired) electrons. The summed E-state index contributed by atoms with van der Waals surface area (Å²) in [4.78, 5) is 0. The topological polar surface area (TPSA) is 52.0 Å². The highest BCUT2D eigenvalue weighted by Crippen LogP contribution is 2.17. The first kappa shape index (κ1) is 12.9. The molecule has 13 heavy (non-hydrogen) atoms. The van der Waals surface area contributed by atoms with E-state index in [1.54, 1.807) is 0 Å². The Morgan fingerprint density at radius 2 is 1.77 bits per heavy atom. The second kappa shape index (κ2) is 8.52. The molecule has 80 valence electrons. The Labute approximate surface area is 83.1 Å². The number of hydrogen-bond donors (Lipinski definition) is 2. The summed E-state index contributed by atoms with van der Waals surface area (Å²) in [5, 5.41) is 0. The van der Waals surface area contributed by atoms with Gasteiger partial charge in [-0.1, -0.05) is 33.1 Å². The van der Waals surface area contributed by atoms with Crippen molar-refractivity contribution in [2.45, 2.75) is 58.4 Å². The van der Waals surface area contributed by atoms with Crippen molar-refractivity contribution < 1.29 is 0 Å². The first-order valence-electron chi connectivity index (χ1n) is 5.71. The molecule has 4 N–H and O–H groups in total. The van der Waals surface area contributed by atoms with Crippen LogP contribution in [0.1, 0.15) is 52.4 Å². The molecule has 2 atom stereocenters. The van der Waals surface area contributed by atoms with Gasteiger partial charge in [0.2, 0.25) is 0 Å². The van der Waals surface area contributed by atoms with E-state index in [9.17, 15) is 0 Å². The first-order chi connectivity index (χ1) is 6.26. The molecule has 0 heterocycles. The van der Waals surface area contributed by atoms with Gasteiger partial charge in [-0.25, -0.2) is 0 Å². The SMILES string of the molecule is CCCCC(N)C(CC)CCCN. The van der Waals surface area contributed by atoms with Crippen LogP contribution in [0.2, 0.25) is 0 Å². The van der Waals surface area contributed by atoms with E-state index in [0.29, 0.717) is 12.0 Å². The largest absolute Gasteiger partial charge is 0.330 e. The molecule has 0 bridgehead atoms. The minimum Gasteiger partial charge on any atom is -0.330 e. The summed E-state index contributed by atoms with van der Waals surface area (Å²) in [6.07, 6.45) is 7.22. The van der Waals surface area contributed by atoms with Crippen LogP contribution in [0, 0.1) is 5.92 Å². The Morgan fingerprint density at radius 3 is 2.23 bits per heavy atom. The van der Waals surface area contributed by atoms with Crippen molar-refractivity contribution in [1.82, 2.24) is 0 Å². The molecule has 0 spiro atoms. The third-order valence-corrected chi connectivity index (χ3v) is 2.80. The molecule has 0 saturated carbocycles. The van der Waals surface area contributed by atoms with E-state index in [0.717, 1.165) is 13.0 Å². The van der Waals surface area contributed by atoms with Crippen LogP contribution in [0.5, 0.6) is 0 Å². The molecule has 0 aromatic heterocycles. The number of hydrogen-bond acceptors (Lipinski definition) is 2. The lowest BCUT2D eigenvalue weighted by Gasteiger charge is -2.22. The third kappa shape index (κ3) is 6.05. The highest BCUT2D eigenvalue weighted by Gasteiger charge is 2.14. The minimum absolute atomic E-state index is 0.400. The lowest BCUT2D eigenvalue weighted by molar-refractivity contribution is 0.352. The van der Waals surface area contributed by atoms with Crippen LogP contribution in [-0.4, -0.2) is 12.6 Å². The maximum Gasteiger partial charge on any atom is 0.00670 e. The van der Waals surface area contributed by atoms with Crippen LogP contribution in [0.4, 0.5) is 0 Å². The van der Waals surface area contributed by atoms with Gasteiger partial charge in [0.25, 0.3) is 0 Å². The summed E-state index contributed by atoms with van der Waals surface area (Å²) >= 11 is 0. The molecule has 0 aromatic carbocycles. The lowest BCUT2D eigenvalue weighted by Crippen LogP contribution is -2.30. The zero-order valence-corrected chi connectivity index (χ0v) is 9.26. The van der Waals surface area contributed by atoms with Crippen molar-refractivity contribution in [3.63, 3.8) is 0 Å². The van der Waals surface area contributed by atoms with Crippen molar-refractivity contribution in [3.8, 4) is 0 Å². The van der Waals surface area contributed by atoms with Crippen LogP contribution >= 0.6 is 0 Å². The smallest absolute Gasteiger partial charge is 0.00670 e. The van der Waals surface area contributed by atoms with Crippen molar-refractivity contribution in [2.24, 2.45) is 17.4 Å². The Hall–Kier alpha value is -0.0800. The summed E-state index contributed by atoms with van der Waals surface area (Å²) in [5.74, 6) is 0.690. The average molecular weight is 186 g/mol. The molecule has 0 aromatic rings. The molecule has 0 aliphatic heterocycles. The van der Waals surface area contributed by atoms with E-state index in [-0.39, 0.29) is 0 Å². The molecular formula is C11H26N2. The van der Waals surface area contributed by atoms with Gasteiger partial charge in [0, 0.05) is 6.04 Å². The van der Waals surface area contributed by atoms with Gasteiger partial charge in [0.1, 0.15) is 0 Å². The zero-order chi connectivity index (χ0) is 10.1. The van der Waals surface area contributed by atoms with Crippen LogP contribution in [0.3, 0.4) is 0 Å². The fourth-order valence-corrected chi connectivity index (χ4v) is 1.78. The van der Waals surface area contributed by atoms with Crippen LogP contribution in [0.25, 0.3) is 0 Å². The molecule has 0 rings (SSSR count). The van der Waals surface area contributed by atoms with Gasteiger partial charge < -0.3 is 11.5 Å². The number of nitrogens with two attached hydrogens (primary N) is 2. The van der Waals surface area contributed by atoms with Crippen LogP contribution in [-0.2, 0) is 0 Å². The van der Waals surface area contributed by atoms with E-state index in [1.807, 2.05) is 0 Å². The van der Waals surface area contributed by atoms with E-state index in [4.69, 9.17) is 11.5 Å². The predicted molar refractivity (Wildman–Crippen MR) is 59.6 cm³/mol. The Bertz CT molecular complexity index is 104. The van der Waals surface area contributed by atoms with Crippen molar-refractivity contribution in [2.75, 3.05) is 6.54 Å². The monoisotopic (exact) mass is 186 g/mol.